The van der Waals surface area contributed by atoms with Crippen molar-refractivity contribution in [1.29, 1.82) is 0 Å². The molecule has 14 heavy (non-hydrogen) atoms. The Hall–Kier alpha value is -1.36. The molecule has 1 aromatic carbocycles. The topological polar surface area (TPSA) is 63.3 Å². The molecule has 5 heteroatoms. The summed E-state index contributed by atoms with van der Waals surface area (Å²) < 4.78 is 5.97. The first-order valence-corrected chi connectivity index (χ1v) is 4.68. The molecule has 0 atom stereocenters. The van der Waals surface area contributed by atoms with E-state index in [9.17, 15) is 4.79 Å². The lowest BCUT2D eigenvalue weighted by Crippen LogP contribution is -1.97. The third-order valence-electron chi connectivity index (χ3n) is 1.83. The summed E-state index contributed by atoms with van der Waals surface area (Å²) in [5, 5.41) is 8.89. The summed E-state index contributed by atoms with van der Waals surface area (Å²) in [5.74, 6) is -0.551. The number of nitrogens with zero attached hydrogens (tertiary/aromatic N) is 1. The number of halogens is 1. The van der Waals surface area contributed by atoms with Crippen LogP contribution < -0.4 is 0 Å². The van der Waals surface area contributed by atoms with Crippen molar-refractivity contribution in [2.24, 2.45) is 0 Å². The predicted molar refractivity (Wildman–Crippen MR) is 53.4 cm³/mol. The number of rotatable bonds is 1. The van der Waals surface area contributed by atoms with Crippen LogP contribution in [0.2, 0.25) is 0 Å². The third-order valence-corrected chi connectivity index (χ3v) is 2.46. The number of carboxylic acids is 1. The highest BCUT2D eigenvalue weighted by Gasteiger charge is 2.15. The van der Waals surface area contributed by atoms with Crippen LogP contribution in [-0.4, -0.2) is 16.1 Å². The summed E-state index contributed by atoms with van der Waals surface area (Å²) in [4.78, 5) is 14.9. The SMILES string of the molecule is Cc1nc2c(C(=O)O)ccc(Br)c2o1. The minimum atomic E-state index is -1.00. The Bertz CT molecular complexity index is 518. The lowest BCUT2D eigenvalue weighted by Gasteiger charge is -1.95. The molecule has 0 aliphatic rings. The minimum absolute atomic E-state index is 0.153. The molecule has 72 valence electrons. The number of carboxylic acid groups (broad SMARTS) is 1. The molecule has 2 rings (SSSR count). The van der Waals surface area contributed by atoms with E-state index >= 15 is 0 Å². The molecule has 0 aliphatic heterocycles. The number of hydrogen-bond donors (Lipinski definition) is 1. The zero-order valence-corrected chi connectivity index (χ0v) is 8.83. The fourth-order valence-electron chi connectivity index (χ4n) is 1.26. The molecule has 1 aromatic heterocycles. The van der Waals surface area contributed by atoms with Gasteiger partial charge in [0, 0.05) is 6.92 Å². The van der Waals surface area contributed by atoms with Crippen molar-refractivity contribution in [1.82, 2.24) is 4.98 Å². The van der Waals surface area contributed by atoms with Gasteiger partial charge in [0.15, 0.2) is 11.5 Å². The number of aromatic nitrogens is 1. The van der Waals surface area contributed by atoms with Gasteiger partial charge in [0.2, 0.25) is 0 Å². The maximum Gasteiger partial charge on any atom is 0.338 e. The average molecular weight is 256 g/mol. The van der Waals surface area contributed by atoms with E-state index in [0.29, 0.717) is 21.5 Å². The van der Waals surface area contributed by atoms with Gasteiger partial charge in [-0.3, -0.25) is 0 Å². The summed E-state index contributed by atoms with van der Waals surface area (Å²) in [6.07, 6.45) is 0. The fourth-order valence-corrected chi connectivity index (χ4v) is 1.66. The maximum absolute atomic E-state index is 10.8. The van der Waals surface area contributed by atoms with Crippen molar-refractivity contribution >= 4 is 33.0 Å². The second-order valence-electron chi connectivity index (χ2n) is 2.81. The van der Waals surface area contributed by atoms with Gasteiger partial charge in [0.05, 0.1) is 10.0 Å². The van der Waals surface area contributed by atoms with Crippen LogP contribution in [0.3, 0.4) is 0 Å². The van der Waals surface area contributed by atoms with Crippen LogP contribution in [-0.2, 0) is 0 Å². The number of benzene rings is 1. The van der Waals surface area contributed by atoms with Crippen LogP contribution in [0.15, 0.2) is 21.0 Å². The quantitative estimate of drug-likeness (QED) is 0.851. The molecule has 1 N–H and O–H groups in total. The van der Waals surface area contributed by atoms with Crippen molar-refractivity contribution in [3.63, 3.8) is 0 Å². The van der Waals surface area contributed by atoms with Crippen LogP contribution in [0.25, 0.3) is 11.1 Å². The Morgan fingerprint density at radius 3 is 2.93 bits per heavy atom. The van der Waals surface area contributed by atoms with Gasteiger partial charge >= 0.3 is 5.97 Å². The van der Waals surface area contributed by atoms with Gasteiger partial charge in [-0.1, -0.05) is 0 Å². The highest BCUT2D eigenvalue weighted by atomic mass is 79.9. The average Bonchev–Trinajstić information content (AvgIpc) is 2.47. The van der Waals surface area contributed by atoms with Gasteiger partial charge in [-0.2, -0.15) is 0 Å². The first-order valence-electron chi connectivity index (χ1n) is 3.88. The second kappa shape index (κ2) is 3.09. The fraction of sp³-hybridized carbons (Fsp3) is 0.111. The third kappa shape index (κ3) is 1.29. The van der Waals surface area contributed by atoms with E-state index in [1.165, 1.54) is 6.07 Å². The molecule has 2 aromatic rings. The summed E-state index contributed by atoms with van der Waals surface area (Å²) in [7, 11) is 0. The standard InChI is InChI=1S/C9H6BrNO3/c1-4-11-7-5(9(12)13)2-3-6(10)8(7)14-4/h2-3H,1H3,(H,12,13). The first-order chi connectivity index (χ1) is 6.59. The normalized spacial score (nSPS) is 10.7. The molecule has 4 nitrogen and oxygen atoms in total. The number of hydrogen-bond acceptors (Lipinski definition) is 3. The van der Waals surface area contributed by atoms with Crippen LogP contribution in [0.1, 0.15) is 16.2 Å². The van der Waals surface area contributed by atoms with Gasteiger partial charge in [0.1, 0.15) is 5.52 Å². The maximum atomic E-state index is 10.8. The smallest absolute Gasteiger partial charge is 0.338 e. The Kier molecular flexibility index (Phi) is 2.03. The molecule has 0 radical (unpaired) electrons. The van der Waals surface area contributed by atoms with Crippen LogP contribution in [0.5, 0.6) is 0 Å². The van der Waals surface area contributed by atoms with Crippen molar-refractivity contribution in [2.45, 2.75) is 6.92 Å². The minimum Gasteiger partial charge on any atom is -0.478 e. The van der Waals surface area contributed by atoms with Gasteiger partial charge in [0.25, 0.3) is 0 Å². The van der Waals surface area contributed by atoms with Crippen LogP contribution in [0, 0.1) is 6.92 Å². The first kappa shape index (κ1) is 9.21. The molecule has 0 aliphatic carbocycles. The Labute approximate surface area is 87.7 Å². The Morgan fingerprint density at radius 1 is 1.57 bits per heavy atom. The van der Waals surface area contributed by atoms with Gasteiger partial charge < -0.3 is 9.52 Å². The van der Waals surface area contributed by atoms with Gasteiger partial charge in [-0.05, 0) is 28.1 Å². The van der Waals surface area contributed by atoms with E-state index in [-0.39, 0.29) is 5.56 Å². The molecule has 0 unspecified atom stereocenters. The van der Waals surface area contributed by atoms with E-state index in [2.05, 4.69) is 20.9 Å². The number of aromatic carboxylic acids is 1. The van der Waals surface area contributed by atoms with Gasteiger partial charge in [-0.15, -0.1) is 0 Å². The summed E-state index contributed by atoms with van der Waals surface area (Å²) >= 11 is 3.27. The van der Waals surface area contributed by atoms with E-state index < -0.39 is 5.97 Å². The molecule has 0 saturated heterocycles. The number of aryl methyl sites for hydroxylation is 1. The van der Waals surface area contributed by atoms with Gasteiger partial charge in [-0.25, -0.2) is 9.78 Å². The largest absolute Gasteiger partial charge is 0.478 e. The van der Waals surface area contributed by atoms with Crippen LogP contribution in [0.4, 0.5) is 0 Å². The Morgan fingerprint density at radius 2 is 2.29 bits per heavy atom. The van der Waals surface area contributed by atoms with Crippen molar-refractivity contribution < 1.29 is 14.3 Å². The lowest BCUT2D eigenvalue weighted by molar-refractivity contribution is 0.0699. The number of carbonyl (C=O) groups is 1. The van der Waals surface area contributed by atoms with Crippen molar-refractivity contribution in [3.05, 3.63) is 28.1 Å². The molecular formula is C9H6BrNO3. The molecule has 0 saturated carbocycles. The van der Waals surface area contributed by atoms with E-state index in [1.807, 2.05) is 0 Å². The van der Waals surface area contributed by atoms with Crippen molar-refractivity contribution in [3.8, 4) is 0 Å². The zero-order valence-electron chi connectivity index (χ0n) is 7.24. The molecule has 0 spiro atoms. The molecule has 0 amide bonds. The second-order valence-corrected chi connectivity index (χ2v) is 3.67. The van der Waals surface area contributed by atoms with Crippen molar-refractivity contribution in [2.75, 3.05) is 0 Å². The summed E-state index contributed by atoms with van der Waals surface area (Å²) in [6, 6.07) is 3.13. The molecule has 1 heterocycles. The number of fused-ring (bicyclic) bond motifs is 1. The molecule has 0 fully saturated rings. The zero-order chi connectivity index (χ0) is 10.3. The predicted octanol–water partition coefficient (Wildman–Crippen LogP) is 2.60. The molecular weight excluding hydrogens is 250 g/mol. The van der Waals surface area contributed by atoms with Crippen LogP contribution >= 0.6 is 15.9 Å². The highest BCUT2D eigenvalue weighted by molar-refractivity contribution is 9.10. The Balaban J connectivity index is 2.87. The monoisotopic (exact) mass is 255 g/mol. The van der Waals surface area contributed by atoms with E-state index in [0.717, 1.165) is 0 Å². The number of oxazole rings is 1. The summed E-state index contributed by atoms with van der Waals surface area (Å²) in [6.45, 7) is 1.68. The lowest BCUT2D eigenvalue weighted by atomic mass is 10.2. The van der Waals surface area contributed by atoms with E-state index in [1.54, 1.807) is 13.0 Å². The molecule has 0 bridgehead atoms. The van der Waals surface area contributed by atoms with E-state index in [4.69, 9.17) is 9.52 Å². The summed E-state index contributed by atoms with van der Waals surface area (Å²) in [5.41, 5.74) is 1.01. The highest BCUT2D eigenvalue weighted by Crippen LogP contribution is 2.27.